The van der Waals surface area contributed by atoms with Crippen molar-refractivity contribution < 1.29 is 23.8 Å². The topological polar surface area (TPSA) is 79.8 Å². The highest BCUT2D eigenvalue weighted by Gasteiger charge is 2.48. The summed E-state index contributed by atoms with van der Waals surface area (Å²) in [4.78, 5) is 12.7. The van der Waals surface area contributed by atoms with Crippen LogP contribution in [0.3, 0.4) is 0 Å². The molecule has 1 fully saturated rings. The zero-order valence-corrected chi connectivity index (χ0v) is 20.5. The lowest BCUT2D eigenvalue weighted by Crippen LogP contribution is -2.61. The van der Waals surface area contributed by atoms with Gasteiger partial charge in [0.05, 0.1) is 38.1 Å². The van der Waals surface area contributed by atoms with Gasteiger partial charge in [-0.1, -0.05) is 66.7 Å². The predicted octanol–water partition coefficient (Wildman–Crippen LogP) is 3.94. The van der Waals surface area contributed by atoms with Crippen molar-refractivity contribution in [3.05, 3.63) is 107 Å². The summed E-state index contributed by atoms with van der Waals surface area (Å²) in [5.74, 6) is -1.34. The van der Waals surface area contributed by atoms with Crippen molar-refractivity contribution in [3.63, 3.8) is 0 Å². The second-order valence-corrected chi connectivity index (χ2v) is 9.17. The maximum absolute atomic E-state index is 15.2. The summed E-state index contributed by atoms with van der Waals surface area (Å²) in [5, 5.41) is 16.2. The lowest BCUT2D eigenvalue weighted by Gasteiger charge is -2.47. The first-order valence-corrected chi connectivity index (χ1v) is 12.2. The van der Waals surface area contributed by atoms with Crippen molar-refractivity contribution in [2.75, 3.05) is 19.8 Å². The molecule has 0 saturated carbocycles. The Labute approximate surface area is 215 Å². The minimum atomic E-state index is -1.12. The first-order chi connectivity index (χ1) is 17.5. The number of aliphatic hydroxyl groups excluding tert-OH is 1. The fourth-order valence-electron chi connectivity index (χ4n) is 4.55. The molecule has 0 radical (unpaired) electrons. The molecule has 1 saturated heterocycles. The minimum absolute atomic E-state index is 0.0383. The van der Waals surface area contributed by atoms with Crippen LogP contribution >= 0.6 is 12.2 Å². The highest BCUT2D eigenvalue weighted by atomic mass is 32.1. The van der Waals surface area contributed by atoms with Gasteiger partial charge in [-0.2, -0.15) is 0 Å². The molecular formula is C28H29FN2O4S. The SMILES string of the molecule is O=C(NC(=S)NC1(c2ccccc2F)CC(COCc2ccccc2)OCC1CO)c1ccccc1. The monoisotopic (exact) mass is 508 g/mol. The van der Waals surface area contributed by atoms with E-state index in [1.807, 2.05) is 36.4 Å². The maximum Gasteiger partial charge on any atom is 0.257 e. The number of hydrogen-bond donors (Lipinski definition) is 3. The molecule has 3 N–H and O–H groups in total. The molecule has 0 spiro atoms. The average molecular weight is 509 g/mol. The number of hydrogen-bond acceptors (Lipinski definition) is 5. The van der Waals surface area contributed by atoms with Gasteiger partial charge >= 0.3 is 0 Å². The van der Waals surface area contributed by atoms with E-state index in [2.05, 4.69) is 10.6 Å². The zero-order valence-electron chi connectivity index (χ0n) is 19.7. The Bertz CT molecular complexity index is 1160. The highest BCUT2D eigenvalue weighted by Crippen LogP contribution is 2.40. The van der Waals surface area contributed by atoms with Gasteiger partial charge in [-0.25, -0.2) is 4.39 Å². The van der Waals surface area contributed by atoms with Crippen LogP contribution in [0, 0.1) is 11.7 Å². The molecule has 3 aromatic rings. The number of rotatable bonds is 8. The van der Waals surface area contributed by atoms with Gasteiger partial charge in [0.1, 0.15) is 5.82 Å². The van der Waals surface area contributed by atoms with Gasteiger partial charge in [0.2, 0.25) is 0 Å². The van der Waals surface area contributed by atoms with Crippen molar-refractivity contribution in [2.24, 2.45) is 5.92 Å². The van der Waals surface area contributed by atoms with Crippen molar-refractivity contribution in [2.45, 2.75) is 24.7 Å². The number of halogens is 1. The molecule has 6 nitrogen and oxygen atoms in total. The van der Waals surface area contributed by atoms with E-state index in [1.54, 1.807) is 42.5 Å². The smallest absolute Gasteiger partial charge is 0.257 e. The Morgan fingerprint density at radius 2 is 1.72 bits per heavy atom. The first kappa shape index (κ1) is 25.9. The number of thiocarbonyl (C=S) groups is 1. The van der Waals surface area contributed by atoms with E-state index >= 15 is 4.39 Å². The van der Waals surface area contributed by atoms with Crippen LogP contribution in [0.15, 0.2) is 84.9 Å². The molecule has 1 heterocycles. The largest absolute Gasteiger partial charge is 0.396 e. The molecule has 3 atom stereocenters. The van der Waals surface area contributed by atoms with Gasteiger partial charge in [0, 0.05) is 23.5 Å². The third kappa shape index (κ3) is 6.14. The summed E-state index contributed by atoms with van der Waals surface area (Å²) < 4.78 is 27.1. The number of ether oxygens (including phenoxy) is 2. The third-order valence-corrected chi connectivity index (χ3v) is 6.57. The van der Waals surface area contributed by atoms with Crippen LogP contribution in [-0.4, -0.2) is 42.1 Å². The molecule has 3 aromatic carbocycles. The van der Waals surface area contributed by atoms with Crippen molar-refractivity contribution in [1.82, 2.24) is 10.6 Å². The van der Waals surface area contributed by atoms with Gasteiger partial charge in [-0.15, -0.1) is 0 Å². The minimum Gasteiger partial charge on any atom is -0.396 e. The zero-order chi connectivity index (χ0) is 25.4. The van der Waals surface area contributed by atoms with E-state index in [1.165, 1.54) is 6.07 Å². The number of benzene rings is 3. The third-order valence-electron chi connectivity index (χ3n) is 6.37. The second-order valence-electron chi connectivity index (χ2n) is 8.77. The van der Waals surface area contributed by atoms with Crippen molar-refractivity contribution in [1.29, 1.82) is 0 Å². The van der Waals surface area contributed by atoms with Gasteiger partial charge in [0.15, 0.2) is 5.11 Å². The fourth-order valence-corrected chi connectivity index (χ4v) is 4.82. The molecule has 0 aliphatic carbocycles. The van der Waals surface area contributed by atoms with Crippen LogP contribution in [-0.2, 0) is 21.6 Å². The summed E-state index contributed by atoms with van der Waals surface area (Å²) in [6.07, 6.45) is -0.119. The Balaban J connectivity index is 1.55. The Hall–Kier alpha value is -3.17. The van der Waals surface area contributed by atoms with E-state index in [-0.39, 0.29) is 37.3 Å². The van der Waals surface area contributed by atoms with Crippen molar-refractivity contribution >= 4 is 23.2 Å². The Kier molecular flexibility index (Phi) is 8.77. The number of nitrogens with one attached hydrogen (secondary N) is 2. The van der Waals surface area contributed by atoms with E-state index in [0.717, 1.165) is 5.56 Å². The summed E-state index contributed by atoms with van der Waals surface area (Å²) >= 11 is 5.50. The lowest BCUT2D eigenvalue weighted by molar-refractivity contribution is -0.110. The number of carbonyl (C=O) groups excluding carboxylic acids is 1. The quantitative estimate of drug-likeness (QED) is 0.400. The van der Waals surface area contributed by atoms with E-state index in [0.29, 0.717) is 17.7 Å². The highest BCUT2D eigenvalue weighted by molar-refractivity contribution is 7.80. The van der Waals surface area contributed by atoms with Crippen LogP contribution < -0.4 is 10.6 Å². The summed E-state index contributed by atoms with van der Waals surface area (Å²) in [5.41, 5.74) is 0.696. The van der Waals surface area contributed by atoms with E-state index < -0.39 is 23.4 Å². The van der Waals surface area contributed by atoms with Crippen LogP contribution in [0.1, 0.15) is 27.9 Å². The molecule has 36 heavy (non-hydrogen) atoms. The first-order valence-electron chi connectivity index (χ1n) is 11.8. The van der Waals surface area contributed by atoms with E-state index in [4.69, 9.17) is 21.7 Å². The summed E-state index contributed by atoms with van der Waals surface area (Å²) in [6, 6.07) is 24.8. The molecule has 8 heteroatoms. The molecule has 1 amide bonds. The standard InChI is InChI=1S/C28H29FN2O4S/c29-25-14-8-7-13-24(25)28(31-27(36)30-26(33)21-11-5-2-6-12-21)15-23(35-18-22(28)16-32)19-34-17-20-9-3-1-4-10-20/h1-14,22-23,32H,15-19H2,(H2,30,31,33,36). The molecule has 4 rings (SSSR count). The van der Waals surface area contributed by atoms with E-state index in [9.17, 15) is 9.90 Å². The molecule has 0 aromatic heterocycles. The van der Waals surface area contributed by atoms with Crippen LogP contribution in [0.5, 0.6) is 0 Å². The molecular weight excluding hydrogens is 479 g/mol. The van der Waals surface area contributed by atoms with Crippen molar-refractivity contribution in [3.8, 4) is 0 Å². The normalized spacial score (nSPS) is 21.5. The molecule has 1 aliphatic rings. The Morgan fingerprint density at radius 3 is 2.42 bits per heavy atom. The molecule has 1 aliphatic heterocycles. The van der Waals surface area contributed by atoms with Crippen LogP contribution in [0.25, 0.3) is 0 Å². The fraction of sp³-hybridized carbons (Fsp3) is 0.286. The van der Waals surface area contributed by atoms with Gasteiger partial charge in [-0.05, 0) is 36.0 Å². The average Bonchev–Trinajstić information content (AvgIpc) is 2.90. The molecule has 0 bridgehead atoms. The maximum atomic E-state index is 15.2. The summed E-state index contributed by atoms with van der Waals surface area (Å²) in [6.45, 7) is 0.574. The molecule has 3 unspecified atom stereocenters. The van der Waals surface area contributed by atoms with Crippen LogP contribution in [0.2, 0.25) is 0 Å². The lowest BCUT2D eigenvalue weighted by atomic mass is 9.73. The van der Waals surface area contributed by atoms with Crippen LogP contribution in [0.4, 0.5) is 4.39 Å². The number of amides is 1. The summed E-state index contributed by atoms with van der Waals surface area (Å²) in [7, 11) is 0. The number of carbonyl (C=O) groups is 1. The number of aliphatic hydroxyl groups is 1. The predicted molar refractivity (Wildman–Crippen MR) is 139 cm³/mol. The second kappa shape index (κ2) is 12.2. The van der Waals surface area contributed by atoms with Gasteiger partial charge in [0.25, 0.3) is 5.91 Å². The Morgan fingerprint density at radius 1 is 1.06 bits per heavy atom. The van der Waals surface area contributed by atoms with Gasteiger partial charge < -0.3 is 19.9 Å². The molecule has 188 valence electrons. The van der Waals surface area contributed by atoms with Gasteiger partial charge in [-0.3, -0.25) is 10.1 Å².